The molecule has 28 heavy (non-hydrogen) atoms. The Bertz CT molecular complexity index is 951. The van der Waals surface area contributed by atoms with Crippen LogP contribution in [0.25, 0.3) is 0 Å². The van der Waals surface area contributed by atoms with Crippen LogP contribution in [0, 0.1) is 0 Å². The summed E-state index contributed by atoms with van der Waals surface area (Å²) >= 11 is 1.55. The maximum Gasteiger partial charge on any atom is 0.265 e. The highest BCUT2D eigenvalue weighted by atomic mass is 32.2. The number of hydrogen-bond donors (Lipinski definition) is 1. The molecule has 1 aromatic carbocycles. The molecule has 1 saturated heterocycles. The molecule has 0 saturated carbocycles. The number of nitrogens with zero attached hydrogens (tertiary/aromatic N) is 1. The zero-order chi connectivity index (χ0) is 19.9. The first-order valence-corrected chi connectivity index (χ1v) is 11.8. The number of carbonyl (C=O) groups excluding carboxylic acids is 1. The molecule has 2 aliphatic rings. The first kappa shape index (κ1) is 19.6. The van der Waals surface area contributed by atoms with Crippen LogP contribution in [0.2, 0.25) is 0 Å². The third-order valence-electron chi connectivity index (χ3n) is 5.11. The highest BCUT2D eigenvalue weighted by Gasteiger charge is 2.32. The van der Waals surface area contributed by atoms with E-state index in [1.165, 1.54) is 21.2 Å². The van der Waals surface area contributed by atoms with Crippen LogP contribution in [0.1, 0.15) is 40.4 Å². The van der Waals surface area contributed by atoms with Gasteiger partial charge in [-0.15, -0.1) is 11.3 Å². The molecule has 1 N–H and O–H groups in total. The van der Waals surface area contributed by atoms with Gasteiger partial charge < -0.3 is 10.1 Å². The number of amides is 1. The molecule has 1 fully saturated rings. The second-order valence-electron chi connectivity index (χ2n) is 7.47. The summed E-state index contributed by atoms with van der Waals surface area (Å²) < 4.78 is 32.9. The number of anilines is 1. The van der Waals surface area contributed by atoms with Crippen molar-refractivity contribution in [3.63, 3.8) is 0 Å². The summed E-state index contributed by atoms with van der Waals surface area (Å²) in [5, 5.41) is 2.86. The lowest BCUT2D eigenvalue weighted by Gasteiger charge is -2.34. The topological polar surface area (TPSA) is 75.7 Å². The second-order valence-corrected chi connectivity index (χ2v) is 10.5. The SMILES string of the molecule is CC1CN(S(=O)(=O)c2ccc(NC(=O)c3cc4c(s3)CCC4)cc2)CC(C)O1. The van der Waals surface area contributed by atoms with Crippen molar-refractivity contribution in [1.82, 2.24) is 4.31 Å². The molecular formula is C20H24N2O4S2. The first-order chi connectivity index (χ1) is 13.3. The van der Waals surface area contributed by atoms with Crippen LogP contribution in [0.15, 0.2) is 35.2 Å². The van der Waals surface area contributed by atoms with Gasteiger partial charge in [0, 0.05) is 23.7 Å². The molecule has 8 heteroatoms. The minimum absolute atomic E-state index is 0.135. The standard InChI is InChI=1S/C20H24N2O4S2/c1-13-11-22(12-14(2)26-13)28(24,25)17-8-6-16(7-9-17)21-20(23)19-10-15-4-3-5-18(15)27-19/h6-10,13-14H,3-5,11-12H2,1-2H3,(H,21,23). The lowest BCUT2D eigenvalue weighted by molar-refractivity contribution is -0.0440. The number of carbonyl (C=O) groups is 1. The molecule has 0 spiro atoms. The molecule has 2 unspecified atom stereocenters. The molecule has 1 aliphatic heterocycles. The predicted molar refractivity (Wildman–Crippen MR) is 110 cm³/mol. The zero-order valence-electron chi connectivity index (χ0n) is 16.0. The third kappa shape index (κ3) is 3.87. The van der Waals surface area contributed by atoms with Gasteiger partial charge in [0.15, 0.2) is 0 Å². The number of morpholine rings is 1. The van der Waals surface area contributed by atoms with Crippen molar-refractivity contribution in [2.24, 2.45) is 0 Å². The zero-order valence-corrected chi connectivity index (χ0v) is 17.6. The first-order valence-electron chi connectivity index (χ1n) is 9.51. The van der Waals surface area contributed by atoms with Crippen molar-refractivity contribution in [3.8, 4) is 0 Å². The van der Waals surface area contributed by atoms with Crippen molar-refractivity contribution >= 4 is 33.0 Å². The fraction of sp³-hybridized carbons (Fsp3) is 0.450. The van der Waals surface area contributed by atoms with Crippen LogP contribution >= 0.6 is 11.3 Å². The number of rotatable bonds is 4. The number of sulfonamides is 1. The van der Waals surface area contributed by atoms with Crippen LogP contribution in [-0.2, 0) is 27.6 Å². The Morgan fingerprint density at radius 3 is 2.46 bits per heavy atom. The van der Waals surface area contributed by atoms with E-state index in [9.17, 15) is 13.2 Å². The van der Waals surface area contributed by atoms with Crippen LogP contribution in [0.3, 0.4) is 0 Å². The highest BCUT2D eigenvalue weighted by Crippen LogP contribution is 2.31. The van der Waals surface area contributed by atoms with E-state index in [-0.39, 0.29) is 23.0 Å². The van der Waals surface area contributed by atoms with Gasteiger partial charge in [-0.2, -0.15) is 4.31 Å². The molecule has 6 nitrogen and oxygen atoms in total. The van der Waals surface area contributed by atoms with E-state index < -0.39 is 10.0 Å². The minimum atomic E-state index is -3.58. The summed E-state index contributed by atoms with van der Waals surface area (Å²) in [6, 6.07) is 8.34. The Balaban J connectivity index is 1.46. The smallest absolute Gasteiger partial charge is 0.265 e. The number of ether oxygens (including phenoxy) is 1. The summed E-state index contributed by atoms with van der Waals surface area (Å²) in [4.78, 5) is 14.7. The van der Waals surface area contributed by atoms with Gasteiger partial charge in [-0.1, -0.05) is 0 Å². The Hall–Kier alpha value is -1.74. The summed E-state index contributed by atoms with van der Waals surface area (Å²) in [7, 11) is -3.58. The minimum Gasteiger partial charge on any atom is -0.373 e. The van der Waals surface area contributed by atoms with Gasteiger partial charge in [-0.05, 0) is 69.0 Å². The molecule has 1 aromatic heterocycles. The predicted octanol–water partition coefficient (Wildman–Crippen LogP) is 3.29. The maximum absolute atomic E-state index is 12.9. The summed E-state index contributed by atoms with van der Waals surface area (Å²) in [5.41, 5.74) is 1.87. The summed E-state index contributed by atoms with van der Waals surface area (Å²) in [6.07, 6.45) is 3.00. The van der Waals surface area contributed by atoms with Crippen LogP contribution in [0.5, 0.6) is 0 Å². The number of nitrogens with one attached hydrogen (secondary N) is 1. The lowest BCUT2D eigenvalue weighted by atomic mass is 10.2. The molecule has 2 aromatic rings. The van der Waals surface area contributed by atoms with Gasteiger partial charge >= 0.3 is 0 Å². The Labute approximate surface area is 169 Å². The van der Waals surface area contributed by atoms with E-state index in [4.69, 9.17) is 4.74 Å². The number of aryl methyl sites for hydroxylation is 2. The van der Waals surface area contributed by atoms with Crippen LogP contribution < -0.4 is 5.32 Å². The van der Waals surface area contributed by atoms with Crippen LogP contribution in [0.4, 0.5) is 5.69 Å². The molecule has 4 rings (SSSR count). The Morgan fingerprint density at radius 1 is 1.14 bits per heavy atom. The fourth-order valence-electron chi connectivity index (χ4n) is 3.82. The Kier molecular flexibility index (Phi) is 5.30. The van der Waals surface area contributed by atoms with Crippen molar-refractivity contribution < 1.29 is 17.9 Å². The average Bonchev–Trinajstić information content (AvgIpc) is 3.23. The molecule has 1 aliphatic carbocycles. The van der Waals surface area contributed by atoms with E-state index in [0.29, 0.717) is 23.7 Å². The second kappa shape index (κ2) is 7.59. The summed E-state index contributed by atoms with van der Waals surface area (Å²) in [6.45, 7) is 4.43. The highest BCUT2D eigenvalue weighted by molar-refractivity contribution is 7.89. The number of thiophene rings is 1. The Morgan fingerprint density at radius 2 is 1.82 bits per heavy atom. The maximum atomic E-state index is 12.9. The molecule has 2 heterocycles. The number of hydrogen-bond acceptors (Lipinski definition) is 5. The fourth-order valence-corrected chi connectivity index (χ4v) is 6.56. The quantitative estimate of drug-likeness (QED) is 0.824. The van der Waals surface area contributed by atoms with E-state index in [2.05, 4.69) is 5.32 Å². The summed E-state index contributed by atoms with van der Waals surface area (Å²) in [5.74, 6) is -0.147. The van der Waals surface area contributed by atoms with E-state index >= 15 is 0 Å². The normalized spacial score (nSPS) is 22.8. The van der Waals surface area contributed by atoms with Gasteiger partial charge in [-0.25, -0.2) is 8.42 Å². The average molecular weight is 421 g/mol. The molecular weight excluding hydrogens is 396 g/mol. The molecule has 1 amide bonds. The number of fused-ring (bicyclic) bond motifs is 1. The monoisotopic (exact) mass is 420 g/mol. The van der Waals surface area contributed by atoms with Crippen LogP contribution in [-0.4, -0.2) is 43.9 Å². The largest absolute Gasteiger partial charge is 0.373 e. The molecule has 2 atom stereocenters. The van der Waals surface area contributed by atoms with Gasteiger partial charge in [0.05, 0.1) is 22.0 Å². The van der Waals surface area contributed by atoms with Crippen molar-refractivity contribution in [2.45, 2.75) is 50.2 Å². The molecule has 0 bridgehead atoms. The van der Waals surface area contributed by atoms with Crippen molar-refractivity contribution in [3.05, 3.63) is 45.6 Å². The van der Waals surface area contributed by atoms with E-state index in [1.807, 2.05) is 19.9 Å². The van der Waals surface area contributed by atoms with E-state index in [0.717, 1.165) is 12.8 Å². The third-order valence-corrected chi connectivity index (χ3v) is 8.19. The molecule has 150 valence electrons. The molecule has 0 radical (unpaired) electrons. The van der Waals surface area contributed by atoms with Gasteiger partial charge in [0.1, 0.15) is 0 Å². The van der Waals surface area contributed by atoms with Crippen molar-refractivity contribution in [2.75, 3.05) is 18.4 Å². The lowest BCUT2D eigenvalue weighted by Crippen LogP contribution is -2.48. The van der Waals surface area contributed by atoms with E-state index in [1.54, 1.807) is 35.6 Å². The number of benzene rings is 1. The van der Waals surface area contributed by atoms with Gasteiger partial charge in [0.2, 0.25) is 10.0 Å². The van der Waals surface area contributed by atoms with Gasteiger partial charge in [0.25, 0.3) is 5.91 Å². The van der Waals surface area contributed by atoms with Crippen molar-refractivity contribution in [1.29, 1.82) is 0 Å². The van der Waals surface area contributed by atoms with Gasteiger partial charge in [-0.3, -0.25) is 4.79 Å².